The molecule has 2 aromatic rings. The largest absolute Gasteiger partial charge is 0.421 e. The highest BCUT2D eigenvalue weighted by Gasteiger charge is 2.34. The van der Waals surface area contributed by atoms with Crippen molar-refractivity contribution in [1.82, 2.24) is 20.3 Å². The number of pyridine rings is 1. The third kappa shape index (κ3) is 3.30. The number of aromatic amines is 2. The zero-order valence-electron chi connectivity index (χ0n) is 10.8. The van der Waals surface area contributed by atoms with Gasteiger partial charge in [-0.05, 0) is 19.1 Å². The molecule has 2 aromatic heterocycles. The Balaban J connectivity index is 2.12. The van der Waals surface area contributed by atoms with Crippen LogP contribution in [0.15, 0.2) is 23.3 Å². The number of amides is 1. The van der Waals surface area contributed by atoms with Crippen LogP contribution in [0.4, 0.5) is 13.2 Å². The van der Waals surface area contributed by atoms with Crippen molar-refractivity contribution in [2.75, 3.05) is 0 Å². The third-order valence-electron chi connectivity index (χ3n) is 2.81. The lowest BCUT2D eigenvalue weighted by Crippen LogP contribution is -2.29. The molecule has 1 amide bonds. The Bertz CT molecular complexity index is 718. The second kappa shape index (κ2) is 5.43. The number of carbonyl (C=O) groups excluding carboxylic acids is 1. The van der Waals surface area contributed by atoms with Crippen molar-refractivity contribution in [3.05, 3.63) is 51.5 Å². The highest BCUT2D eigenvalue weighted by Crippen LogP contribution is 2.25. The Hall–Kier alpha value is -2.58. The number of H-pyrrole nitrogens is 2. The minimum absolute atomic E-state index is 0.0945. The quantitative estimate of drug-likeness (QED) is 0.799. The van der Waals surface area contributed by atoms with Crippen molar-refractivity contribution < 1.29 is 18.0 Å². The molecule has 112 valence electrons. The van der Waals surface area contributed by atoms with Crippen LogP contribution in [-0.2, 0) is 12.7 Å². The summed E-state index contributed by atoms with van der Waals surface area (Å²) in [6.07, 6.45) is -3.30. The van der Waals surface area contributed by atoms with Crippen molar-refractivity contribution in [2.45, 2.75) is 19.6 Å². The summed E-state index contributed by atoms with van der Waals surface area (Å²) < 4.78 is 37.3. The van der Waals surface area contributed by atoms with Gasteiger partial charge < -0.3 is 15.3 Å². The van der Waals surface area contributed by atoms with Gasteiger partial charge in [-0.25, -0.2) is 4.98 Å². The molecule has 0 spiro atoms. The first-order valence-electron chi connectivity index (χ1n) is 5.86. The standard InChI is InChI=1S/C12H11F3N4O2/c1-6-9(18-5-17-6)4-16-11(21)8-3-2-7(10(20)19-8)12(13,14)15/h2-3,5H,4H2,1H3,(H,16,21)(H,17,18)(H,19,20). The zero-order valence-corrected chi connectivity index (χ0v) is 10.8. The van der Waals surface area contributed by atoms with Gasteiger partial charge in [-0.1, -0.05) is 0 Å². The van der Waals surface area contributed by atoms with Crippen molar-refractivity contribution in [3.8, 4) is 0 Å². The molecule has 0 aliphatic carbocycles. The number of hydrogen-bond acceptors (Lipinski definition) is 3. The second-order valence-electron chi connectivity index (χ2n) is 4.27. The minimum atomic E-state index is -4.76. The first-order chi connectivity index (χ1) is 9.79. The summed E-state index contributed by atoms with van der Waals surface area (Å²) in [6.45, 7) is 1.85. The molecule has 2 rings (SSSR count). The number of nitrogens with zero attached hydrogens (tertiary/aromatic N) is 1. The molecule has 0 atom stereocenters. The van der Waals surface area contributed by atoms with Crippen molar-refractivity contribution in [3.63, 3.8) is 0 Å². The topological polar surface area (TPSA) is 90.6 Å². The van der Waals surface area contributed by atoms with Gasteiger partial charge in [0.15, 0.2) is 0 Å². The fourth-order valence-corrected chi connectivity index (χ4v) is 1.65. The molecule has 0 saturated heterocycles. The van der Waals surface area contributed by atoms with Crippen LogP contribution in [0.5, 0.6) is 0 Å². The Morgan fingerprint density at radius 2 is 2.10 bits per heavy atom. The summed E-state index contributed by atoms with van der Waals surface area (Å²) >= 11 is 0. The molecule has 3 N–H and O–H groups in total. The Morgan fingerprint density at radius 3 is 2.62 bits per heavy atom. The lowest BCUT2D eigenvalue weighted by Gasteiger charge is -2.07. The van der Waals surface area contributed by atoms with E-state index in [1.165, 1.54) is 6.33 Å². The SMILES string of the molecule is Cc1[nH]cnc1CNC(=O)c1ccc(C(F)(F)F)c(=O)[nH]1. The van der Waals surface area contributed by atoms with Gasteiger partial charge in [-0.3, -0.25) is 9.59 Å². The van der Waals surface area contributed by atoms with E-state index in [-0.39, 0.29) is 12.2 Å². The van der Waals surface area contributed by atoms with Crippen molar-refractivity contribution in [1.29, 1.82) is 0 Å². The smallest absolute Gasteiger partial charge is 0.348 e. The molecule has 9 heteroatoms. The van der Waals surface area contributed by atoms with Crippen LogP contribution in [0.1, 0.15) is 27.4 Å². The number of aromatic nitrogens is 3. The van der Waals surface area contributed by atoms with E-state index >= 15 is 0 Å². The first-order valence-corrected chi connectivity index (χ1v) is 5.86. The van der Waals surface area contributed by atoms with Crippen LogP contribution < -0.4 is 10.9 Å². The molecule has 0 unspecified atom stereocenters. The predicted octanol–water partition coefficient (Wildman–Crippen LogP) is 1.36. The molecule has 0 radical (unpaired) electrons. The van der Waals surface area contributed by atoms with Crippen LogP contribution in [0, 0.1) is 6.92 Å². The molecule has 6 nitrogen and oxygen atoms in total. The lowest BCUT2D eigenvalue weighted by atomic mass is 10.2. The summed E-state index contributed by atoms with van der Waals surface area (Å²) in [5, 5.41) is 2.45. The third-order valence-corrected chi connectivity index (χ3v) is 2.81. The number of rotatable bonds is 3. The van der Waals surface area contributed by atoms with Crippen LogP contribution in [-0.4, -0.2) is 20.9 Å². The Labute approximate surface area is 116 Å². The highest BCUT2D eigenvalue weighted by molar-refractivity contribution is 5.92. The maximum atomic E-state index is 12.4. The van der Waals surface area contributed by atoms with Gasteiger partial charge in [0.25, 0.3) is 11.5 Å². The number of aryl methyl sites for hydroxylation is 1. The van der Waals surface area contributed by atoms with Gasteiger partial charge in [0.05, 0.1) is 18.6 Å². The summed E-state index contributed by atoms with van der Waals surface area (Å²) in [4.78, 5) is 31.8. The van der Waals surface area contributed by atoms with Gasteiger partial charge >= 0.3 is 6.18 Å². The summed E-state index contributed by atoms with van der Waals surface area (Å²) in [5.41, 5.74) is -1.59. The fourth-order valence-electron chi connectivity index (χ4n) is 1.65. The maximum absolute atomic E-state index is 12.4. The van der Waals surface area contributed by atoms with E-state index < -0.39 is 23.2 Å². The number of nitrogens with one attached hydrogen (secondary N) is 3. The molecule has 0 aliphatic heterocycles. The Morgan fingerprint density at radius 1 is 1.38 bits per heavy atom. The second-order valence-corrected chi connectivity index (χ2v) is 4.27. The van der Waals surface area contributed by atoms with E-state index in [1.807, 2.05) is 4.98 Å². The average molecular weight is 300 g/mol. The zero-order chi connectivity index (χ0) is 15.6. The molecule has 21 heavy (non-hydrogen) atoms. The number of hydrogen-bond donors (Lipinski definition) is 3. The van der Waals surface area contributed by atoms with E-state index in [1.54, 1.807) is 6.92 Å². The summed E-state index contributed by atoms with van der Waals surface area (Å²) in [5.74, 6) is -0.691. The van der Waals surface area contributed by atoms with Gasteiger partial charge in [0.2, 0.25) is 0 Å². The van der Waals surface area contributed by atoms with Crippen molar-refractivity contribution in [2.24, 2.45) is 0 Å². The molecule has 0 aliphatic rings. The highest BCUT2D eigenvalue weighted by atomic mass is 19.4. The fraction of sp³-hybridized carbons (Fsp3) is 0.250. The van der Waals surface area contributed by atoms with E-state index in [9.17, 15) is 22.8 Å². The molecule has 0 bridgehead atoms. The molecule has 0 aromatic carbocycles. The predicted molar refractivity (Wildman–Crippen MR) is 66.6 cm³/mol. The maximum Gasteiger partial charge on any atom is 0.421 e. The van der Waals surface area contributed by atoms with Crippen LogP contribution in [0.2, 0.25) is 0 Å². The van der Waals surface area contributed by atoms with Gasteiger partial charge in [0.1, 0.15) is 11.3 Å². The Kier molecular flexibility index (Phi) is 3.83. The monoisotopic (exact) mass is 300 g/mol. The number of alkyl halides is 3. The molecule has 0 saturated carbocycles. The van der Waals surface area contributed by atoms with E-state index in [0.717, 1.165) is 11.8 Å². The van der Waals surface area contributed by atoms with Crippen LogP contribution in [0.25, 0.3) is 0 Å². The van der Waals surface area contributed by atoms with Gasteiger partial charge in [0, 0.05) is 5.69 Å². The average Bonchev–Trinajstić information content (AvgIpc) is 2.80. The van der Waals surface area contributed by atoms with Crippen LogP contribution >= 0.6 is 0 Å². The van der Waals surface area contributed by atoms with Crippen molar-refractivity contribution >= 4 is 5.91 Å². The first kappa shape index (κ1) is 14.8. The molecule has 2 heterocycles. The normalized spacial score (nSPS) is 11.4. The van der Waals surface area contributed by atoms with Gasteiger partial charge in [-0.15, -0.1) is 0 Å². The molecule has 0 fully saturated rings. The lowest BCUT2D eigenvalue weighted by molar-refractivity contribution is -0.138. The minimum Gasteiger partial charge on any atom is -0.348 e. The number of halogens is 3. The number of carbonyl (C=O) groups is 1. The summed E-state index contributed by atoms with van der Waals surface area (Å²) in [6, 6.07) is 1.49. The number of imidazole rings is 1. The summed E-state index contributed by atoms with van der Waals surface area (Å²) in [7, 11) is 0. The van der Waals surface area contributed by atoms with E-state index in [4.69, 9.17) is 0 Å². The van der Waals surface area contributed by atoms with Crippen LogP contribution in [0.3, 0.4) is 0 Å². The molecular weight excluding hydrogens is 289 g/mol. The van der Waals surface area contributed by atoms with E-state index in [0.29, 0.717) is 11.8 Å². The van der Waals surface area contributed by atoms with Gasteiger partial charge in [-0.2, -0.15) is 13.2 Å². The van der Waals surface area contributed by atoms with E-state index in [2.05, 4.69) is 15.3 Å². The molecular formula is C12H11F3N4O2.